The lowest BCUT2D eigenvalue weighted by Gasteiger charge is -2.33. The van der Waals surface area contributed by atoms with Gasteiger partial charge in [-0.15, -0.1) is 0 Å². The van der Waals surface area contributed by atoms with Crippen LogP contribution in [0.25, 0.3) is 0 Å². The minimum atomic E-state index is 0.139. The van der Waals surface area contributed by atoms with Crippen LogP contribution in [0.2, 0.25) is 0 Å². The maximum Gasteiger partial charge on any atom is 0.223 e. The molecule has 0 atom stereocenters. The third kappa shape index (κ3) is 5.45. The predicted octanol–water partition coefficient (Wildman–Crippen LogP) is 4.22. The van der Waals surface area contributed by atoms with Gasteiger partial charge in [0.15, 0.2) is 0 Å². The highest BCUT2D eigenvalue weighted by Crippen LogP contribution is 2.33. The van der Waals surface area contributed by atoms with Gasteiger partial charge in [0.05, 0.1) is 5.56 Å². The lowest BCUT2D eigenvalue weighted by atomic mass is 9.76. The Morgan fingerprint density at radius 1 is 1.15 bits per heavy atom. The monoisotopic (exact) mass is 369 g/mol. The Morgan fingerprint density at radius 3 is 2.41 bits per heavy atom. The van der Waals surface area contributed by atoms with Crippen LogP contribution in [-0.4, -0.2) is 23.0 Å². The van der Waals surface area contributed by atoms with E-state index in [1.165, 1.54) is 19.0 Å². The number of nitrogens with zero attached hydrogens (tertiary/aromatic N) is 2. The molecule has 1 heterocycles. The van der Waals surface area contributed by atoms with Crippen LogP contribution >= 0.6 is 0 Å². The second-order valence-corrected chi connectivity index (χ2v) is 8.45. The normalized spacial score (nSPS) is 28.4. The average molecular weight is 370 g/mol. The highest BCUT2D eigenvalue weighted by atomic mass is 16.5. The number of amides is 1. The van der Waals surface area contributed by atoms with Crippen molar-refractivity contribution in [3.05, 3.63) is 23.9 Å². The van der Waals surface area contributed by atoms with E-state index >= 15 is 0 Å². The summed E-state index contributed by atoms with van der Waals surface area (Å²) in [4.78, 5) is 16.8. The Balaban J connectivity index is 1.39. The lowest BCUT2D eigenvalue weighted by molar-refractivity contribution is -0.127. The molecule has 0 bridgehead atoms. The first-order valence-corrected chi connectivity index (χ1v) is 10.4. The molecular weight excluding hydrogens is 338 g/mol. The van der Waals surface area contributed by atoms with Crippen LogP contribution in [0.5, 0.6) is 5.88 Å². The highest BCUT2D eigenvalue weighted by molar-refractivity contribution is 5.79. The Kier molecular flexibility index (Phi) is 6.71. The maximum atomic E-state index is 12.6. The van der Waals surface area contributed by atoms with Crippen LogP contribution in [0.3, 0.4) is 0 Å². The molecule has 5 nitrogen and oxygen atoms in total. The Morgan fingerprint density at radius 2 is 1.85 bits per heavy atom. The van der Waals surface area contributed by atoms with Crippen LogP contribution < -0.4 is 10.1 Å². The molecule has 0 aromatic carbocycles. The van der Waals surface area contributed by atoms with Crippen LogP contribution in [-0.2, 0) is 4.79 Å². The van der Waals surface area contributed by atoms with Gasteiger partial charge in [-0.2, -0.15) is 5.26 Å². The second-order valence-electron chi connectivity index (χ2n) is 8.45. The molecule has 0 radical (unpaired) electrons. The fourth-order valence-electron chi connectivity index (χ4n) is 4.38. The number of hydrogen-bond donors (Lipinski definition) is 1. The van der Waals surface area contributed by atoms with Gasteiger partial charge >= 0.3 is 0 Å². The topological polar surface area (TPSA) is 75.0 Å². The molecule has 0 unspecified atom stereocenters. The number of nitriles is 1. The van der Waals surface area contributed by atoms with Crippen LogP contribution in [0.15, 0.2) is 18.3 Å². The molecule has 3 rings (SSSR count). The van der Waals surface area contributed by atoms with Gasteiger partial charge in [0.25, 0.3) is 0 Å². The van der Waals surface area contributed by atoms with Crippen molar-refractivity contribution >= 4 is 5.91 Å². The number of hydrogen-bond acceptors (Lipinski definition) is 4. The molecule has 5 heteroatoms. The van der Waals surface area contributed by atoms with Crippen LogP contribution in [0.4, 0.5) is 0 Å². The summed E-state index contributed by atoms with van der Waals surface area (Å²) in [6, 6.07) is 5.80. The number of carbonyl (C=O) groups is 1. The van der Waals surface area contributed by atoms with E-state index in [4.69, 9.17) is 10.00 Å². The SMILES string of the molecule is CC(C)C1CCC(C(=O)NC2CCC(Oc3ccc(C#N)cn3)CC2)CC1. The molecule has 27 heavy (non-hydrogen) atoms. The van der Waals surface area contributed by atoms with E-state index in [9.17, 15) is 4.79 Å². The van der Waals surface area contributed by atoms with E-state index in [-0.39, 0.29) is 24.0 Å². The van der Waals surface area contributed by atoms with Crippen molar-refractivity contribution < 1.29 is 9.53 Å². The van der Waals surface area contributed by atoms with Gasteiger partial charge in [-0.05, 0) is 69.3 Å². The summed E-state index contributed by atoms with van der Waals surface area (Å²) in [5.74, 6) is 2.56. The Labute approximate surface area is 162 Å². The summed E-state index contributed by atoms with van der Waals surface area (Å²) in [6.45, 7) is 4.58. The van der Waals surface area contributed by atoms with Gasteiger partial charge in [0.1, 0.15) is 12.2 Å². The zero-order chi connectivity index (χ0) is 19.2. The standard InChI is InChI=1S/C22H31N3O2/c1-15(2)17-4-6-18(7-5-17)22(26)25-19-8-10-20(11-9-19)27-21-12-3-16(13-23)14-24-21/h3,12,14-15,17-20H,4-11H2,1-2H3,(H,25,26). The van der Waals surface area contributed by atoms with Crippen molar-refractivity contribution in [3.63, 3.8) is 0 Å². The number of ether oxygens (including phenoxy) is 1. The average Bonchev–Trinajstić information content (AvgIpc) is 2.70. The van der Waals surface area contributed by atoms with Gasteiger partial charge in [-0.3, -0.25) is 4.79 Å². The predicted molar refractivity (Wildman–Crippen MR) is 104 cm³/mol. The van der Waals surface area contributed by atoms with Gasteiger partial charge in [0, 0.05) is 24.2 Å². The quantitative estimate of drug-likeness (QED) is 0.843. The van der Waals surface area contributed by atoms with Gasteiger partial charge in [-0.25, -0.2) is 4.98 Å². The molecule has 146 valence electrons. The molecule has 2 aliphatic rings. The van der Waals surface area contributed by atoms with E-state index in [0.29, 0.717) is 11.4 Å². The summed E-state index contributed by atoms with van der Waals surface area (Å²) >= 11 is 0. The number of carbonyl (C=O) groups excluding carboxylic acids is 1. The van der Waals surface area contributed by atoms with Gasteiger partial charge in [0.2, 0.25) is 11.8 Å². The fourth-order valence-corrected chi connectivity index (χ4v) is 4.38. The van der Waals surface area contributed by atoms with Crippen molar-refractivity contribution in [2.45, 2.75) is 77.4 Å². The molecule has 2 saturated carbocycles. The van der Waals surface area contributed by atoms with E-state index in [0.717, 1.165) is 50.4 Å². The Hall–Kier alpha value is -2.09. The smallest absolute Gasteiger partial charge is 0.223 e. The third-order valence-electron chi connectivity index (χ3n) is 6.26. The summed E-state index contributed by atoms with van der Waals surface area (Å²) in [5, 5.41) is 12.1. The van der Waals surface area contributed by atoms with E-state index < -0.39 is 0 Å². The number of pyridine rings is 1. The number of nitrogens with one attached hydrogen (secondary N) is 1. The molecule has 0 spiro atoms. The van der Waals surface area contributed by atoms with E-state index in [1.807, 2.05) is 0 Å². The minimum Gasteiger partial charge on any atom is -0.474 e. The minimum absolute atomic E-state index is 0.139. The molecule has 0 aliphatic heterocycles. The molecule has 1 N–H and O–H groups in total. The molecule has 2 aliphatic carbocycles. The molecule has 2 fully saturated rings. The molecule has 1 aromatic rings. The molecule has 0 saturated heterocycles. The molecule has 1 amide bonds. The highest BCUT2D eigenvalue weighted by Gasteiger charge is 2.30. The number of rotatable bonds is 5. The Bertz CT molecular complexity index is 649. The fraction of sp³-hybridized carbons (Fsp3) is 0.682. The molecule has 1 aromatic heterocycles. The maximum absolute atomic E-state index is 12.6. The second kappa shape index (κ2) is 9.21. The lowest BCUT2D eigenvalue weighted by Crippen LogP contribution is -2.43. The van der Waals surface area contributed by atoms with E-state index in [2.05, 4.69) is 30.2 Å². The zero-order valence-corrected chi connectivity index (χ0v) is 16.5. The van der Waals surface area contributed by atoms with Crippen LogP contribution in [0, 0.1) is 29.1 Å². The van der Waals surface area contributed by atoms with Crippen LogP contribution in [0.1, 0.15) is 70.8 Å². The third-order valence-corrected chi connectivity index (χ3v) is 6.26. The first kappa shape index (κ1) is 19.7. The van der Waals surface area contributed by atoms with Crippen molar-refractivity contribution in [2.75, 3.05) is 0 Å². The van der Waals surface area contributed by atoms with Crippen molar-refractivity contribution in [3.8, 4) is 11.9 Å². The van der Waals surface area contributed by atoms with Crippen molar-refractivity contribution in [2.24, 2.45) is 17.8 Å². The first-order valence-electron chi connectivity index (χ1n) is 10.4. The van der Waals surface area contributed by atoms with E-state index in [1.54, 1.807) is 12.1 Å². The largest absolute Gasteiger partial charge is 0.474 e. The van der Waals surface area contributed by atoms with Gasteiger partial charge < -0.3 is 10.1 Å². The first-order chi connectivity index (χ1) is 13.0. The van der Waals surface area contributed by atoms with Gasteiger partial charge in [-0.1, -0.05) is 13.8 Å². The molecular formula is C22H31N3O2. The summed E-state index contributed by atoms with van der Waals surface area (Å²) < 4.78 is 5.93. The zero-order valence-electron chi connectivity index (χ0n) is 16.5. The summed E-state index contributed by atoms with van der Waals surface area (Å²) in [5.41, 5.74) is 0.538. The van der Waals surface area contributed by atoms with Crippen molar-refractivity contribution in [1.29, 1.82) is 5.26 Å². The summed E-state index contributed by atoms with van der Waals surface area (Å²) in [7, 11) is 0. The number of aromatic nitrogens is 1. The van der Waals surface area contributed by atoms with Crippen molar-refractivity contribution in [1.82, 2.24) is 10.3 Å². The summed E-state index contributed by atoms with van der Waals surface area (Å²) in [6.07, 6.45) is 9.88.